The zero-order chi connectivity index (χ0) is 12.0. The van der Waals surface area contributed by atoms with Gasteiger partial charge in [-0.25, -0.2) is 0 Å². The number of methoxy groups -OCH3 is 1. The summed E-state index contributed by atoms with van der Waals surface area (Å²) in [6.45, 7) is 3.08. The van der Waals surface area contributed by atoms with Gasteiger partial charge in [0.25, 0.3) is 0 Å². The average Bonchev–Trinajstić information content (AvgIpc) is 2.30. The molecule has 0 heterocycles. The summed E-state index contributed by atoms with van der Waals surface area (Å²) in [6.07, 6.45) is 1.08. The predicted molar refractivity (Wildman–Crippen MR) is 73.6 cm³/mol. The number of benzene rings is 1. The number of hydrogen-bond donors (Lipinski definition) is 0. The molecule has 0 amide bonds. The molecule has 1 rings (SSSR count). The van der Waals surface area contributed by atoms with Crippen molar-refractivity contribution in [3.63, 3.8) is 0 Å². The predicted octanol–water partition coefficient (Wildman–Crippen LogP) is 4.49. The van der Waals surface area contributed by atoms with E-state index in [0.29, 0.717) is 11.8 Å². The van der Waals surface area contributed by atoms with E-state index in [1.807, 2.05) is 12.1 Å². The molecular formula is C13H18BrClO. The number of ether oxygens (including phenoxy) is 1. The first-order valence-electron chi connectivity index (χ1n) is 5.49. The van der Waals surface area contributed by atoms with E-state index in [-0.39, 0.29) is 0 Å². The zero-order valence-corrected chi connectivity index (χ0v) is 12.1. The molecule has 0 aliphatic heterocycles. The van der Waals surface area contributed by atoms with E-state index < -0.39 is 0 Å². The lowest BCUT2D eigenvalue weighted by Gasteiger charge is -2.22. The van der Waals surface area contributed by atoms with E-state index in [4.69, 9.17) is 16.3 Å². The van der Waals surface area contributed by atoms with E-state index in [1.54, 1.807) is 7.11 Å². The van der Waals surface area contributed by atoms with E-state index in [0.717, 1.165) is 23.4 Å². The molecule has 0 saturated carbocycles. The average molecular weight is 306 g/mol. The first kappa shape index (κ1) is 14.0. The highest BCUT2D eigenvalue weighted by molar-refractivity contribution is 9.09. The number of alkyl halides is 1. The molecule has 16 heavy (non-hydrogen) atoms. The second kappa shape index (κ2) is 7.31. The molecule has 0 aliphatic carbocycles. The third-order valence-corrected chi connectivity index (χ3v) is 3.88. The van der Waals surface area contributed by atoms with Crippen LogP contribution in [-0.2, 0) is 4.74 Å². The summed E-state index contributed by atoms with van der Waals surface area (Å²) in [4.78, 5) is 0. The van der Waals surface area contributed by atoms with Crippen LogP contribution in [0.4, 0.5) is 0 Å². The standard InChI is InChI=1S/C13H18BrClO/c1-10(7-8-16-2)13(9-14)11-3-5-12(15)6-4-11/h3-6,10,13H,7-9H2,1-2H3. The largest absolute Gasteiger partial charge is 0.385 e. The summed E-state index contributed by atoms with van der Waals surface area (Å²) >= 11 is 9.48. The third-order valence-electron chi connectivity index (χ3n) is 2.93. The van der Waals surface area contributed by atoms with Crippen LogP contribution in [0, 0.1) is 5.92 Å². The van der Waals surface area contributed by atoms with E-state index in [9.17, 15) is 0 Å². The topological polar surface area (TPSA) is 9.23 Å². The Balaban J connectivity index is 2.69. The number of halogens is 2. The van der Waals surface area contributed by atoms with Crippen molar-refractivity contribution in [1.82, 2.24) is 0 Å². The highest BCUT2D eigenvalue weighted by Gasteiger charge is 2.17. The summed E-state index contributed by atoms with van der Waals surface area (Å²) < 4.78 is 5.13. The van der Waals surface area contributed by atoms with Gasteiger partial charge in [0, 0.05) is 24.1 Å². The van der Waals surface area contributed by atoms with Crippen molar-refractivity contribution in [1.29, 1.82) is 0 Å². The van der Waals surface area contributed by atoms with Crippen LogP contribution in [0.15, 0.2) is 24.3 Å². The monoisotopic (exact) mass is 304 g/mol. The Morgan fingerprint density at radius 1 is 1.31 bits per heavy atom. The number of hydrogen-bond acceptors (Lipinski definition) is 1. The van der Waals surface area contributed by atoms with E-state index in [2.05, 4.69) is 35.0 Å². The Kier molecular flexibility index (Phi) is 6.40. The summed E-state index contributed by atoms with van der Waals surface area (Å²) in [5.41, 5.74) is 1.34. The lowest BCUT2D eigenvalue weighted by Crippen LogP contribution is -2.13. The van der Waals surface area contributed by atoms with Gasteiger partial charge < -0.3 is 4.74 Å². The first-order valence-corrected chi connectivity index (χ1v) is 6.99. The molecule has 0 bridgehead atoms. The van der Waals surface area contributed by atoms with Crippen LogP contribution in [0.3, 0.4) is 0 Å². The van der Waals surface area contributed by atoms with Gasteiger partial charge in [0.05, 0.1) is 0 Å². The van der Waals surface area contributed by atoms with Crippen LogP contribution in [0.1, 0.15) is 24.8 Å². The van der Waals surface area contributed by atoms with Crippen molar-refractivity contribution in [2.45, 2.75) is 19.3 Å². The maximum atomic E-state index is 5.89. The minimum atomic E-state index is 0.521. The minimum Gasteiger partial charge on any atom is -0.385 e. The summed E-state index contributed by atoms with van der Waals surface area (Å²) in [5.74, 6) is 1.12. The second-order valence-corrected chi connectivity index (χ2v) is 5.16. The molecular weight excluding hydrogens is 287 g/mol. The van der Waals surface area contributed by atoms with Gasteiger partial charge in [-0.1, -0.05) is 46.6 Å². The molecule has 1 aromatic rings. The maximum absolute atomic E-state index is 5.89. The fraction of sp³-hybridized carbons (Fsp3) is 0.538. The van der Waals surface area contributed by atoms with Gasteiger partial charge in [-0.05, 0) is 36.0 Å². The van der Waals surface area contributed by atoms with Gasteiger partial charge in [0.15, 0.2) is 0 Å². The van der Waals surface area contributed by atoms with Crippen molar-refractivity contribution in [2.75, 3.05) is 19.0 Å². The molecule has 0 fully saturated rings. The van der Waals surface area contributed by atoms with Crippen LogP contribution in [-0.4, -0.2) is 19.0 Å². The van der Waals surface area contributed by atoms with Crippen molar-refractivity contribution < 1.29 is 4.74 Å². The fourth-order valence-electron chi connectivity index (χ4n) is 1.78. The van der Waals surface area contributed by atoms with Gasteiger partial charge in [0.2, 0.25) is 0 Å². The molecule has 2 unspecified atom stereocenters. The van der Waals surface area contributed by atoms with Gasteiger partial charge >= 0.3 is 0 Å². The SMILES string of the molecule is COCCC(C)C(CBr)c1ccc(Cl)cc1. The van der Waals surface area contributed by atoms with Crippen LogP contribution in [0.25, 0.3) is 0 Å². The molecule has 0 saturated heterocycles. The molecule has 0 aromatic heterocycles. The molecule has 0 spiro atoms. The Morgan fingerprint density at radius 2 is 1.94 bits per heavy atom. The van der Waals surface area contributed by atoms with Gasteiger partial charge in [0.1, 0.15) is 0 Å². The van der Waals surface area contributed by atoms with Gasteiger partial charge in [-0.15, -0.1) is 0 Å². The maximum Gasteiger partial charge on any atom is 0.0465 e. The van der Waals surface area contributed by atoms with Crippen LogP contribution < -0.4 is 0 Å². The Bertz CT molecular complexity index is 299. The van der Waals surface area contributed by atoms with Gasteiger partial charge in [-0.2, -0.15) is 0 Å². The molecule has 2 atom stereocenters. The lowest BCUT2D eigenvalue weighted by atomic mass is 9.87. The Morgan fingerprint density at radius 3 is 2.44 bits per heavy atom. The van der Waals surface area contributed by atoms with Crippen LogP contribution in [0.5, 0.6) is 0 Å². The Hall–Kier alpha value is -0.0500. The van der Waals surface area contributed by atoms with Crippen LogP contribution >= 0.6 is 27.5 Å². The van der Waals surface area contributed by atoms with E-state index in [1.165, 1.54) is 5.56 Å². The van der Waals surface area contributed by atoms with Crippen molar-refractivity contribution >= 4 is 27.5 Å². The molecule has 0 radical (unpaired) electrons. The summed E-state index contributed by atoms with van der Waals surface area (Å²) in [5, 5.41) is 1.76. The van der Waals surface area contributed by atoms with Crippen molar-refractivity contribution in [3.8, 4) is 0 Å². The van der Waals surface area contributed by atoms with Crippen molar-refractivity contribution in [2.24, 2.45) is 5.92 Å². The quantitative estimate of drug-likeness (QED) is 0.704. The zero-order valence-electron chi connectivity index (χ0n) is 9.75. The molecule has 1 aromatic carbocycles. The second-order valence-electron chi connectivity index (χ2n) is 4.07. The molecule has 0 N–H and O–H groups in total. The molecule has 90 valence electrons. The lowest BCUT2D eigenvalue weighted by molar-refractivity contribution is 0.176. The third kappa shape index (κ3) is 4.08. The highest BCUT2D eigenvalue weighted by atomic mass is 79.9. The highest BCUT2D eigenvalue weighted by Crippen LogP contribution is 2.29. The van der Waals surface area contributed by atoms with E-state index >= 15 is 0 Å². The molecule has 1 nitrogen and oxygen atoms in total. The molecule has 3 heteroatoms. The molecule has 0 aliphatic rings. The smallest absolute Gasteiger partial charge is 0.0465 e. The van der Waals surface area contributed by atoms with Gasteiger partial charge in [-0.3, -0.25) is 0 Å². The summed E-state index contributed by atoms with van der Waals surface area (Å²) in [6, 6.07) is 8.13. The fourth-order valence-corrected chi connectivity index (χ4v) is 2.92. The van der Waals surface area contributed by atoms with Crippen molar-refractivity contribution in [3.05, 3.63) is 34.9 Å². The summed E-state index contributed by atoms with van der Waals surface area (Å²) in [7, 11) is 1.75. The normalized spacial score (nSPS) is 14.8. The minimum absolute atomic E-state index is 0.521. The van der Waals surface area contributed by atoms with Crippen LogP contribution in [0.2, 0.25) is 5.02 Å². The number of rotatable bonds is 6. The first-order chi connectivity index (χ1) is 7.69. The Labute approximate surface area is 111 Å².